The monoisotopic (exact) mass is 343 g/mol. The Morgan fingerprint density at radius 3 is 2.64 bits per heavy atom. The van der Waals surface area contributed by atoms with E-state index in [0.29, 0.717) is 18.1 Å². The van der Waals surface area contributed by atoms with Gasteiger partial charge in [-0.15, -0.1) is 0 Å². The van der Waals surface area contributed by atoms with Gasteiger partial charge in [-0.05, 0) is 25.1 Å². The van der Waals surface area contributed by atoms with E-state index in [4.69, 9.17) is 4.52 Å². The topological polar surface area (TPSA) is 68.0 Å². The zero-order chi connectivity index (χ0) is 17.8. The van der Waals surface area contributed by atoms with Crippen LogP contribution in [0.3, 0.4) is 0 Å². The van der Waals surface area contributed by atoms with Crippen LogP contribution in [0.5, 0.6) is 0 Å². The van der Waals surface area contributed by atoms with Crippen LogP contribution in [-0.4, -0.2) is 22.1 Å². The summed E-state index contributed by atoms with van der Waals surface area (Å²) in [7, 11) is 0. The van der Waals surface area contributed by atoms with Crippen LogP contribution in [0.1, 0.15) is 23.2 Å². The fourth-order valence-electron chi connectivity index (χ4n) is 2.30. The molecule has 0 aliphatic rings. The summed E-state index contributed by atoms with van der Waals surface area (Å²) >= 11 is 0. The molecule has 0 saturated carbocycles. The van der Waals surface area contributed by atoms with Gasteiger partial charge in [0.2, 0.25) is 11.7 Å². The van der Waals surface area contributed by atoms with E-state index in [9.17, 15) is 13.6 Å². The van der Waals surface area contributed by atoms with E-state index in [2.05, 4.69) is 15.5 Å². The molecule has 1 aromatic heterocycles. The number of amides is 1. The number of nitrogens with one attached hydrogen (secondary N) is 1. The molecule has 0 aliphatic carbocycles. The summed E-state index contributed by atoms with van der Waals surface area (Å²) in [4.78, 5) is 16.4. The van der Waals surface area contributed by atoms with Crippen molar-refractivity contribution in [1.29, 1.82) is 0 Å². The molecule has 0 fully saturated rings. The summed E-state index contributed by atoms with van der Waals surface area (Å²) in [5, 5.41) is 6.59. The van der Waals surface area contributed by atoms with Crippen LogP contribution in [0.4, 0.5) is 8.78 Å². The first-order valence-corrected chi connectivity index (χ1v) is 7.67. The normalized spacial score (nSPS) is 12.0. The molecule has 3 aromatic rings. The number of benzene rings is 2. The molecule has 1 amide bonds. The third kappa shape index (κ3) is 4.06. The largest absolute Gasteiger partial charge is 0.349 e. The smallest absolute Gasteiger partial charge is 0.251 e. The highest BCUT2D eigenvalue weighted by Gasteiger charge is 2.16. The van der Waals surface area contributed by atoms with Crippen molar-refractivity contribution in [2.75, 3.05) is 0 Å². The Bertz CT molecular complexity index is 881. The highest BCUT2D eigenvalue weighted by Crippen LogP contribution is 2.15. The molecule has 0 radical (unpaired) electrons. The molecule has 1 N–H and O–H groups in total. The number of carbonyl (C=O) groups excluding carboxylic acids is 1. The van der Waals surface area contributed by atoms with Gasteiger partial charge in [-0.1, -0.05) is 35.5 Å². The van der Waals surface area contributed by atoms with Crippen molar-refractivity contribution in [2.45, 2.75) is 19.4 Å². The van der Waals surface area contributed by atoms with Crippen LogP contribution in [0.2, 0.25) is 0 Å². The first-order valence-electron chi connectivity index (χ1n) is 7.67. The van der Waals surface area contributed by atoms with E-state index in [1.807, 2.05) is 30.3 Å². The van der Waals surface area contributed by atoms with E-state index in [1.54, 1.807) is 6.92 Å². The van der Waals surface area contributed by atoms with Gasteiger partial charge in [-0.3, -0.25) is 4.79 Å². The van der Waals surface area contributed by atoms with Crippen LogP contribution in [-0.2, 0) is 6.42 Å². The summed E-state index contributed by atoms with van der Waals surface area (Å²) in [6.07, 6.45) is 0.315. The van der Waals surface area contributed by atoms with Crippen LogP contribution in [0.15, 0.2) is 53.1 Å². The van der Waals surface area contributed by atoms with Crippen molar-refractivity contribution in [3.8, 4) is 11.4 Å². The fraction of sp³-hybridized carbons (Fsp3) is 0.167. The van der Waals surface area contributed by atoms with Gasteiger partial charge in [0.05, 0.1) is 0 Å². The highest BCUT2D eigenvalue weighted by molar-refractivity contribution is 5.94. The van der Waals surface area contributed by atoms with Gasteiger partial charge in [-0.25, -0.2) is 8.78 Å². The Morgan fingerprint density at radius 1 is 1.16 bits per heavy atom. The van der Waals surface area contributed by atoms with Gasteiger partial charge in [0, 0.05) is 23.6 Å². The van der Waals surface area contributed by atoms with Gasteiger partial charge < -0.3 is 9.84 Å². The molecule has 7 heteroatoms. The molecule has 1 heterocycles. The van der Waals surface area contributed by atoms with Gasteiger partial charge in [0.15, 0.2) is 11.6 Å². The summed E-state index contributed by atoms with van der Waals surface area (Å²) in [5.74, 6) is -1.73. The average Bonchev–Trinajstić information content (AvgIpc) is 3.06. The van der Waals surface area contributed by atoms with Crippen LogP contribution in [0.25, 0.3) is 11.4 Å². The lowest BCUT2D eigenvalue weighted by molar-refractivity contribution is 0.0938. The molecule has 1 atom stereocenters. The number of hydrogen-bond donors (Lipinski definition) is 1. The maximum absolute atomic E-state index is 13.2. The number of aromatic nitrogens is 2. The third-order valence-electron chi connectivity index (χ3n) is 3.54. The number of carbonyl (C=O) groups is 1. The molecular formula is C18H15F2N3O2. The first kappa shape index (κ1) is 16.8. The molecule has 0 bridgehead atoms. The van der Waals surface area contributed by atoms with Crippen molar-refractivity contribution in [2.24, 2.45) is 0 Å². The SMILES string of the molecule is CC(Cc1nc(-c2ccccc2)no1)NC(=O)c1ccc(F)c(F)c1. The molecule has 128 valence electrons. The second kappa shape index (κ2) is 7.21. The predicted molar refractivity (Wildman–Crippen MR) is 86.7 cm³/mol. The minimum Gasteiger partial charge on any atom is -0.349 e. The molecule has 5 nitrogen and oxygen atoms in total. The molecule has 0 aliphatic heterocycles. The van der Waals surface area contributed by atoms with Crippen molar-refractivity contribution in [3.05, 3.63) is 71.6 Å². The second-order valence-electron chi connectivity index (χ2n) is 5.59. The summed E-state index contributed by atoms with van der Waals surface area (Å²) in [6.45, 7) is 1.75. The lowest BCUT2D eigenvalue weighted by atomic mass is 10.1. The Hall–Kier alpha value is -3.09. The molecule has 25 heavy (non-hydrogen) atoms. The minimum absolute atomic E-state index is 0.0428. The van der Waals surface area contributed by atoms with Crippen molar-refractivity contribution >= 4 is 5.91 Å². The maximum Gasteiger partial charge on any atom is 0.251 e. The zero-order valence-electron chi connectivity index (χ0n) is 13.4. The van der Waals surface area contributed by atoms with Crippen LogP contribution < -0.4 is 5.32 Å². The Kier molecular flexibility index (Phi) is 4.83. The standard InChI is InChI=1S/C18H15F2N3O2/c1-11(21-18(24)13-7-8-14(19)15(20)10-13)9-16-22-17(23-25-16)12-5-3-2-4-6-12/h2-8,10-11H,9H2,1H3,(H,21,24). The average molecular weight is 343 g/mol. The molecule has 0 spiro atoms. The predicted octanol–water partition coefficient (Wildman–Crippen LogP) is 3.38. The van der Waals surface area contributed by atoms with E-state index in [-0.39, 0.29) is 11.6 Å². The van der Waals surface area contributed by atoms with E-state index >= 15 is 0 Å². The van der Waals surface area contributed by atoms with E-state index in [0.717, 1.165) is 17.7 Å². The van der Waals surface area contributed by atoms with Crippen LogP contribution >= 0.6 is 0 Å². The molecule has 1 unspecified atom stereocenters. The lowest BCUT2D eigenvalue weighted by Crippen LogP contribution is -2.34. The zero-order valence-corrected chi connectivity index (χ0v) is 13.4. The van der Waals surface area contributed by atoms with E-state index in [1.165, 1.54) is 6.07 Å². The number of rotatable bonds is 5. The Balaban J connectivity index is 1.62. The summed E-state index contributed by atoms with van der Waals surface area (Å²) < 4.78 is 31.3. The third-order valence-corrected chi connectivity index (χ3v) is 3.54. The Labute approximate surface area is 142 Å². The fourth-order valence-corrected chi connectivity index (χ4v) is 2.30. The molecule has 0 saturated heterocycles. The van der Waals surface area contributed by atoms with Gasteiger partial charge in [0.1, 0.15) is 0 Å². The van der Waals surface area contributed by atoms with Crippen molar-refractivity contribution in [3.63, 3.8) is 0 Å². The lowest BCUT2D eigenvalue weighted by Gasteiger charge is -2.11. The molecule has 3 rings (SSSR count). The van der Waals surface area contributed by atoms with Crippen LogP contribution in [0, 0.1) is 11.6 Å². The van der Waals surface area contributed by atoms with Gasteiger partial charge >= 0.3 is 0 Å². The number of nitrogens with zero attached hydrogens (tertiary/aromatic N) is 2. The van der Waals surface area contributed by atoms with Crippen molar-refractivity contribution in [1.82, 2.24) is 15.5 Å². The highest BCUT2D eigenvalue weighted by atomic mass is 19.2. The van der Waals surface area contributed by atoms with Gasteiger partial charge in [0.25, 0.3) is 5.91 Å². The molecular weight excluding hydrogens is 328 g/mol. The summed E-state index contributed by atoms with van der Waals surface area (Å²) in [6, 6.07) is 12.0. The number of halogens is 2. The van der Waals surface area contributed by atoms with Crippen molar-refractivity contribution < 1.29 is 18.1 Å². The van der Waals surface area contributed by atoms with Gasteiger partial charge in [-0.2, -0.15) is 4.98 Å². The molecule has 2 aromatic carbocycles. The summed E-state index contributed by atoms with van der Waals surface area (Å²) in [5.41, 5.74) is 0.872. The Morgan fingerprint density at radius 2 is 1.92 bits per heavy atom. The first-order chi connectivity index (χ1) is 12.0. The second-order valence-corrected chi connectivity index (χ2v) is 5.59. The van der Waals surface area contributed by atoms with E-state index < -0.39 is 17.5 Å². The number of hydrogen-bond acceptors (Lipinski definition) is 4. The minimum atomic E-state index is -1.07. The quantitative estimate of drug-likeness (QED) is 0.771. The maximum atomic E-state index is 13.2.